The van der Waals surface area contributed by atoms with Crippen molar-refractivity contribution in [1.82, 2.24) is 30.6 Å². The molecule has 0 atom stereocenters. The van der Waals surface area contributed by atoms with E-state index in [1.165, 1.54) is 12.1 Å². The number of thiazole rings is 1. The van der Waals surface area contributed by atoms with Gasteiger partial charge in [0.2, 0.25) is 11.9 Å². The van der Waals surface area contributed by atoms with Gasteiger partial charge < -0.3 is 26.0 Å². The molecule has 0 radical (unpaired) electrons. The maximum Gasteiger partial charge on any atom is 0.422 e. The van der Waals surface area contributed by atoms with Crippen molar-refractivity contribution in [3.8, 4) is 6.01 Å². The Bertz CT molecular complexity index is 2270. The van der Waals surface area contributed by atoms with Crippen LogP contribution in [0.5, 0.6) is 6.01 Å². The standard InChI is InChI=1S/C35H30Cl3F4N9O4S/c1-33(2,15-44-27(53)28(54)47-32-46-24-21(37)9-10-22(38)25(24)56-32)14-43-26(52)20-8-7-19(13-23(20)39)45-29-48-30(50-31(49-29)55-16-35(40,41)42)51-34(11-12-34)17-3-5-18(36)6-4-17/h3-10,13H,11-12,14-16H2,1-2H3,(H,43,52)(H,44,53)(H,46,47,54)(H2,45,48,49,50,51). The molecule has 0 aliphatic heterocycles. The van der Waals surface area contributed by atoms with E-state index in [0.29, 0.717) is 38.1 Å². The Balaban J connectivity index is 1.05. The minimum atomic E-state index is -4.67. The van der Waals surface area contributed by atoms with Crippen LogP contribution in [-0.4, -0.2) is 63.5 Å². The lowest BCUT2D eigenvalue weighted by Crippen LogP contribution is -2.45. The first kappa shape index (κ1) is 40.6. The van der Waals surface area contributed by atoms with Crippen molar-refractivity contribution in [2.24, 2.45) is 5.41 Å². The Morgan fingerprint density at radius 2 is 1.54 bits per heavy atom. The third-order valence-corrected chi connectivity index (χ3v) is 10.3. The molecule has 0 bridgehead atoms. The van der Waals surface area contributed by atoms with Crippen LogP contribution in [0.3, 0.4) is 0 Å². The summed E-state index contributed by atoms with van der Waals surface area (Å²) in [4.78, 5) is 54.4. The van der Waals surface area contributed by atoms with Gasteiger partial charge in [0.1, 0.15) is 11.3 Å². The van der Waals surface area contributed by atoms with Gasteiger partial charge in [-0.3, -0.25) is 19.7 Å². The topological polar surface area (TPSA) is 172 Å². The van der Waals surface area contributed by atoms with Crippen molar-refractivity contribution in [1.29, 1.82) is 0 Å². The molecule has 6 rings (SSSR count). The molecule has 294 valence electrons. The number of alkyl halides is 3. The van der Waals surface area contributed by atoms with Crippen LogP contribution in [-0.2, 0) is 15.1 Å². The van der Waals surface area contributed by atoms with Crippen molar-refractivity contribution >= 4 is 96.8 Å². The minimum Gasteiger partial charge on any atom is -0.454 e. The Kier molecular flexibility index (Phi) is 11.8. The number of hydrogen-bond donors (Lipinski definition) is 5. The largest absolute Gasteiger partial charge is 0.454 e. The number of hydrogen-bond acceptors (Lipinski definition) is 11. The molecule has 3 amide bonds. The van der Waals surface area contributed by atoms with Crippen LogP contribution in [0, 0.1) is 11.2 Å². The summed E-state index contributed by atoms with van der Waals surface area (Å²) in [6.07, 6.45) is -3.31. The summed E-state index contributed by atoms with van der Waals surface area (Å²) >= 11 is 19.4. The highest BCUT2D eigenvalue weighted by molar-refractivity contribution is 7.23. The third kappa shape index (κ3) is 10.2. The highest BCUT2D eigenvalue weighted by Gasteiger charge is 2.45. The maximum atomic E-state index is 15.3. The lowest BCUT2D eigenvalue weighted by molar-refractivity contribution is -0.154. The van der Waals surface area contributed by atoms with Crippen LogP contribution in [0.2, 0.25) is 15.1 Å². The van der Waals surface area contributed by atoms with E-state index in [-0.39, 0.29) is 41.4 Å². The quantitative estimate of drug-likeness (QED) is 0.0580. The van der Waals surface area contributed by atoms with E-state index in [9.17, 15) is 27.6 Å². The number of rotatable bonds is 13. The number of carbonyl (C=O) groups excluding carboxylic acids is 3. The molecule has 21 heteroatoms. The summed E-state index contributed by atoms with van der Waals surface area (Å²) in [5, 5.41) is 14.8. The second-order valence-electron chi connectivity index (χ2n) is 13.4. The van der Waals surface area contributed by atoms with Crippen molar-refractivity contribution < 1.29 is 36.7 Å². The van der Waals surface area contributed by atoms with E-state index in [4.69, 9.17) is 39.5 Å². The summed E-state index contributed by atoms with van der Waals surface area (Å²) in [5.74, 6) is -3.99. The summed E-state index contributed by atoms with van der Waals surface area (Å²) in [5.41, 5.74) is -0.395. The molecule has 2 aromatic heterocycles. The van der Waals surface area contributed by atoms with Crippen LogP contribution >= 0.6 is 46.1 Å². The molecule has 1 saturated carbocycles. The average Bonchev–Trinajstić information content (AvgIpc) is 3.78. The zero-order valence-corrected chi connectivity index (χ0v) is 32.3. The van der Waals surface area contributed by atoms with Gasteiger partial charge in [-0.1, -0.05) is 72.1 Å². The molecule has 5 aromatic rings. The van der Waals surface area contributed by atoms with E-state index < -0.39 is 53.3 Å². The second kappa shape index (κ2) is 16.2. The first-order chi connectivity index (χ1) is 26.4. The van der Waals surface area contributed by atoms with Crippen molar-refractivity contribution in [3.63, 3.8) is 0 Å². The monoisotopic (exact) mass is 853 g/mol. The summed E-state index contributed by atoms with van der Waals surface area (Å²) in [6, 6.07) is 13.1. The number of ether oxygens (including phenoxy) is 1. The number of benzene rings is 3. The van der Waals surface area contributed by atoms with Gasteiger partial charge in [0.05, 0.1) is 25.8 Å². The molecule has 1 fully saturated rings. The van der Waals surface area contributed by atoms with Gasteiger partial charge in [-0.05, 0) is 66.3 Å². The Morgan fingerprint density at radius 3 is 2.20 bits per heavy atom. The highest BCUT2D eigenvalue weighted by Crippen LogP contribution is 2.48. The van der Waals surface area contributed by atoms with Crippen LogP contribution in [0.25, 0.3) is 10.2 Å². The van der Waals surface area contributed by atoms with Crippen molar-refractivity contribution in [3.05, 3.63) is 86.6 Å². The van der Waals surface area contributed by atoms with Gasteiger partial charge in [-0.15, -0.1) is 0 Å². The van der Waals surface area contributed by atoms with Gasteiger partial charge in [0.25, 0.3) is 5.91 Å². The average molecular weight is 855 g/mol. The SMILES string of the molecule is CC(C)(CNC(=O)C(=O)Nc1nc2c(Cl)ccc(Cl)c2s1)CNC(=O)c1ccc(Nc2nc(NC3(c4ccc(Cl)cc4)CC3)nc(OCC(F)(F)F)n2)cc1F. The van der Waals surface area contributed by atoms with Crippen molar-refractivity contribution in [2.75, 3.05) is 35.6 Å². The van der Waals surface area contributed by atoms with E-state index in [0.717, 1.165) is 23.0 Å². The van der Waals surface area contributed by atoms with Crippen LogP contribution < -0.4 is 31.3 Å². The van der Waals surface area contributed by atoms with Crippen LogP contribution in [0.15, 0.2) is 54.6 Å². The van der Waals surface area contributed by atoms with E-state index in [1.807, 2.05) is 12.1 Å². The van der Waals surface area contributed by atoms with Gasteiger partial charge in [0.15, 0.2) is 11.7 Å². The number of carbonyl (C=O) groups is 3. The molecule has 5 N–H and O–H groups in total. The molecular weight excluding hydrogens is 825 g/mol. The summed E-state index contributed by atoms with van der Waals surface area (Å²) < 4.78 is 59.5. The second-order valence-corrected chi connectivity index (χ2v) is 15.7. The molecule has 56 heavy (non-hydrogen) atoms. The van der Waals surface area contributed by atoms with E-state index in [1.54, 1.807) is 38.1 Å². The fourth-order valence-electron chi connectivity index (χ4n) is 5.21. The van der Waals surface area contributed by atoms with E-state index in [2.05, 4.69) is 46.5 Å². The number of halogens is 7. The minimum absolute atomic E-state index is 0.0269. The molecule has 2 heterocycles. The smallest absolute Gasteiger partial charge is 0.422 e. The molecule has 0 unspecified atom stereocenters. The molecule has 3 aromatic carbocycles. The van der Waals surface area contributed by atoms with Crippen molar-refractivity contribution in [2.45, 2.75) is 38.4 Å². The fraction of sp³-hybridized carbons (Fsp3) is 0.286. The molecule has 0 saturated heterocycles. The van der Waals surface area contributed by atoms with Gasteiger partial charge >= 0.3 is 24.0 Å². The molecule has 1 aliphatic rings. The number of aromatic nitrogens is 4. The summed E-state index contributed by atoms with van der Waals surface area (Å²) in [7, 11) is 0. The number of nitrogens with zero attached hydrogens (tertiary/aromatic N) is 4. The van der Waals surface area contributed by atoms with E-state index >= 15 is 4.39 Å². The Hall–Kier alpha value is -5.04. The summed E-state index contributed by atoms with van der Waals surface area (Å²) in [6.45, 7) is 1.68. The van der Waals surface area contributed by atoms with Gasteiger partial charge in [-0.2, -0.15) is 28.1 Å². The number of amides is 3. The molecule has 13 nitrogen and oxygen atoms in total. The molecular formula is C35H30Cl3F4N9O4S. The predicted octanol–water partition coefficient (Wildman–Crippen LogP) is 7.88. The number of anilines is 4. The van der Waals surface area contributed by atoms with Crippen LogP contribution in [0.4, 0.5) is 40.3 Å². The molecule has 1 aliphatic carbocycles. The van der Waals surface area contributed by atoms with Gasteiger partial charge in [0, 0.05) is 23.8 Å². The Morgan fingerprint density at radius 1 is 0.857 bits per heavy atom. The normalized spacial score (nSPS) is 13.5. The predicted molar refractivity (Wildman–Crippen MR) is 204 cm³/mol. The number of fused-ring (bicyclic) bond motifs is 1. The lowest BCUT2D eigenvalue weighted by Gasteiger charge is -2.25. The lowest BCUT2D eigenvalue weighted by atomic mass is 9.93. The third-order valence-electron chi connectivity index (χ3n) is 8.28. The van der Waals surface area contributed by atoms with Crippen LogP contribution in [0.1, 0.15) is 42.6 Å². The number of nitrogens with one attached hydrogen (secondary N) is 5. The maximum absolute atomic E-state index is 15.3. The first-order valence-electron chi connectivity index (χ1n) is 16.6. The first-order valence-corrected chi connectivity index (χ1v) is 18.5. The fourth-order valence-corrected chi connectivity index (χ4v) is 6.75. The van der Waals surface area contributed by atoms with Gasteiger partial charge in [-0.25, -0.2) is 9.37 Å². The zero-order valence-electron chi connectivity index (χ0n) is 29.2. The Labute approximate surface area is 334 Å². The molecule has 0 spiro atoms. The highest BCUT2D eigenvalue weighted by atomic mass is 35.5. The zero-order chi connectivity index (χ0) is 40.4.